The van der Waals surface area contributed by atoms with Crippen LogP contribution in [-0.2, 0) is 14.3 Å². The Hall–Kier alpha value is -2.42. The number of nitrogens with zero attached hydrogens (tertiary/aromatic N) is 1. The van der Waals surface area contributed by atoms with Crippen LogP contribution in [0.1, 0.15) is 86.5 Å². The fraction of sp³-hybridized carbons (Fsp3) is 0.742. The Labute approximate surface area is 221 Å². The number of nitrogens with one attached hydrogen (secondary N) is 1. The number of carbonyl (C=O) groups is 3. The van der Waals surface area contributed by atoms with Crippen LogP contribution < -0.4 is 5.32 Å². The molecular formula is C31H42N2O4. The summed E-state index contributed by atoms with van der Waals surface area (Å²) in [6, 6.07) is 2.14. The first-order valence-corrected chi connectivity index (χ1v) is 14.2. The lowest BCUT2D eigenvalue weighted by atomic mass is 9.40. The van der Waals surface area contributed by atoms with E-state index in [4.69, 9.17) is 4.74 Å². The zero-order chi connectivity index (χ0) is 27.0. The Balaban J connectivity index is 1.60. The lowest BCUT2D eigenvalue weighted by Crippen LogP contribution is -2.66. The molecule has 5 aliphatic carbocycles. The topological polar surface area (TPSA) is 96.3 Å². The summed E-state index contributed by atoms with van der Waals surface area (Å²) in [5.41, 5.74) is 0.386. The minimum Gasteiger partial charge on any atom is -0.450 e. The number of nitriles is 1. The van der Waals surface area contributed by atoms with Crippen molar-refractivity contribution in [3.63, 3.8) is 0 Å². The third kappa shape index (κ3) is 3.74. The van der Waals surface area contributed by atoms with Gasteiger partial charge in [0.25, 0.3) is 0 Å². The van der Waals surface area contributed by atoms with Gasteiger partial charge in [-0.15, -0.1) is 0 Å². The molecule has 0 aromatic heterocycles. The van der Waals surface area contributed by atoms with E-state index >= 15 is 0 Å². The molecule has 3 fully saturated rings. The van der Waals surface area contributed by atoms with Crippen LogP contribution in [0.25, 0.3) is 0 Å². The average Bonchev–Trinajstić information content (AvgIpc) is 2.83. The van der Waals surface area contributed by atoms with E-state index in [0.29, 0.717) is 6.61 Å². The molecule has 200 valence electrons. The first-order valence-electron chi connectivity index (χ1n) is 14.2. The molecule has 0 bridgehead atoms. The van der Waals surface area contributed by atoms with Crippen LogP contribution >= 0.6 is 0 Å². The maximum Gasteiger partial charge on any atom is 0.407 e. The van der Waals surface area contributed by atoms with Crippen molar-refractivity contribution in [2.75, 3.05) is 6.61 Å². The minimum absolute atomic E-state index is 0.0594. The van der Waals surface area contributed by atoms with Crippen molar-refractivity contribution in [2.24, 2.45) is 45.8 Å². The van der Waals surface area contributed by atoms with Crippen LogP contribution in [-0.4, -0.2) is 29.8 Å². The fourth-order valence-corrected chi connectivity index (χ4v) is 9.48. The van der Waals surface area contributed by atoms with Gasteiger partial charge in [-0.25, -0.2) is 4.79 Å². The lowest BCUT2D eigenvalue weighted by molar-refractivity contribution is -0.139. The molecule has 1 N–H and O–H groups in total. The summed E-state index contributed by atoms with van der Waals surface area (Å²) >= 11 is 0. The van der Waals surface area contributed by atoms with Crippen molar-refractivity contribution in [1.82, 2.24) is 5.32 Å². The normalized spacial score (nSPS) is 44.1. The Morgan fingerprint density at radius 1 is 1.08 bits per heavy atom. The van der Waals surface area contributed by atoms with Crippen molar-refractivity contribution >= 4 is 17.7 Å². The molecule has 5 aliphatic rings. The number of ketones is 2. The van der Waals surface area contributed by atoms with Gasteiger partial charge in [0.05, 0.1) is 12.2 Å². The van der Waals surface area contributed by atoms with Gasteiger partial charge < -0.3 is 10.1 Å². The molecule has 0 aromatic rings. The highest BCUT2D eigenvalue weighted by molar-refractivity contribution is 6.02. The molecular weight excluding hydrogens is 464 g/mol. The minimum atomic E-state index is -0.477. The molecule has 5 rings (SSSR count). The summed E-state index contributed by atoms with van der Waals surface area (Å²) in [5, 5.41) is 13.0. The zero-order valence-electron chi connectivity index (χ0n) is 23.3. The monoisotopic (exact) mass is 506 g/mol. The van der Waals surface area contributed by atoms with Gasteiger partial charge in [0, 0.05) is 22.8 Å². The molecule has 6 nitrogen and oxygen atoms in total. The highest BCUT2D eigenvalue weighted by Crippen LogP contribution is 2.68. The van der Waals surface area contributed by atoms with E-state index in [2.05, 4.69) is 39.1 Å². The fourth-order valence-electron chi connectivity index (χ4n) is 9.48. The average molecular weight is 507 g/mol. The predicted octanol–water partition coefficient (Wildman–Crippen LogP) is 5.92. The standard InChI is InChI=1S/C31H42N2O4/c1-7-37-27(36)33-31-11-9-21-25(22(31)16-28(3,4)12-13-31)23(34)14-24-29(21,5)10-8-20-18(2)26(35)19(17-32)15-30(20,24)6/h14-15,18,20-22,25H,7-13,16H2,1-6H3,(H,33,36). The number of ether oxygens (including phenoxy) is 1. The summed E-state index contributed by atoms with van der Waals surface area (Å²) in [5.74, 6) is 0.0628. The summed E-state index contributed by atoms with van der Waals surface area (Å²) in [6.45, 7) is 13.1. The first kappa shape index (κ1) is 26.2. The maximum atomic E-state index is 14.2. The number of hydrogen-bond donors (Lipinski definition) is 1. The molecule has 0 saturated heterocycles. The van der Waals surface area contributed by atoms with Crippen LogP contribution in [0.3, 0.4) is 0 Å². The van der Waals surface area contributed by atoms with E-state index < -0.39 is 11.0 Å². The van der Waals surface area contributed by atoms with Crippen molar-refractivity contribution in [3.8, 4) is 6.07 Å². The van der Waals surface area contributed by atoms with Crippen LogP contribution in [0.4, 0.5) is 4.79 Å². The number of rotatable bonds is 2. The molecule has 3 saturated carbocycles. The van der Waals surface area contributed by atoms with Gasteiger partial charge in [-0.1, -0.05) is 46.3 Å². The quantitative estimate of drug-likeness (QED) is 0.501. The van der Waals surface area contributed by atoms with E-state index in [0.717, 1.165) is 50.5 Å². The summed E-state index contributed by atoms with van der Waals surface area (Å²) in [4.78, 5) is 39.7. The molecule has 0 spiro atoms. The molecule has 37 heavy (non-hydrogen) atoms. The molecule has 0 aromatic carbocycles. The van der Waals surface area contributed by atoms with E-state index in [9.17, 15) is 19.6 Å². The van der Waals surface area contributed by atoms with Crippen LogP contribution in [0.5, 0.6) is 0 Å². The van der Waals surface area contributed by atoms with Crippen molar-refractivity contribution < 1.29 is 19.1 Å². The first-order chi connectivity index (χ1) is 17.3. The SMILES string of the molecule is CCOC(=O)NC12CCC3C(C(=O)C=C4C5(C)C=C(C#N)C(=O)C(C)C5CCC43C)C1CC(C)(C)CC2. The van der Waals surface area contributed by atoms with Gasteiger partial charge in [0.2, 0.25) is 0 Å². The van der Waals surface area contributed by atoms with E-state index in [1.807, 2.05) is 26.0 Å². The summed E-state index contributed by atoms with van der Waals surface area (Å²) < 4.78 is 5.31. The second kappa shape index (κ2) is 8.55. The second-order valence-electron chi connectivity index (χ2n) is 13.8. The van der Waals surface area contributed by atoms with Gasteiger partial charge in [-0.2, -0.15) is 5.26 Å². The van der Waals surface area contributed by atoms with Gasteiger partial charge >= 0.3 is 6.09 Å². The predicted molar refractivity (Wildman–Crippen MR) is 140 cm³/mol. The molecule has 6 heteroatoms. The van der Waals surface area contributed by atoms with E-state index in [1.54, 1.807) is 0 Å². The Bertz CT molecular complexity index is 1140. The number of alkyl carbamates (subject to hydrolysis) is 1. The highest BCUT2D eigenvalue weighted by Gasteiger charge is 2.64. The number of Topliss-reactive ketones (excluding diaryl/α,β-unsaturated/α-hetero) is 1. The van der Waals surface area contributed by atoms with Crippen molar-refractivity contribution in [1.29, 1.82) is 5.26 Å². The molecule has 0 aliphatic heterocycles. The van der Waals surface area contributed by atoms with Crippen LogP contribution in [0.2, 0.25) is 0 Å². The van der Waals surface area contributed by atoms with E-state index in [1.165, 1.54) is 0 Å². The van der Waals surface area contributed by atoms with Gasteiger partial charge in [0.1, 0.15) is 6.07 Å². The van der Waals surface area contributed by atoms with Gasteiger partial charge in [0.15, 0.2) is 11.6 Å². The number of hydrogen-bond acceptors (Lipinski definition) is 5. The number of allylic oxidation sites excluding steroid dienone is 4. The number of fused-ring (bicyclic) bond motifs is 7. The van der Waals surface area contributed by atoms with Crippen LogP contribution in [0.15, 0.2) is 23.3 Å². The lowest BCUT2D eigenvalue weighted by Gasteiger charge is -2.64. The molecule has 1 amide bonds. The molecule has 0 radical (unpaired) electrons. The Kier molecular flexibility index (Phi) is 6.05. The third-order valence-electron chi connectivity index (χ3n) is 11.3. The third-order valence-corrected chi connectivity index (χ3v) is 11.3. The highest BCUT2D eigenvalue weighted by atomic mass is 16.5. The maximum absolute atomic E-state index is 14.2. The van der Waals surface area contributed by atoms with Gasteiger partial charge in [-0.3, -0.25) is 9.59 Å². The number of carbonyl (C=O) groups excluding carboxylic acids is 3. The summed E-state index contributed by atoms with van der Waals surface area (Å²) in [7, 11) is 0. The van der Waals surface area contributed by atoms with Gasteiger partial charge in [-0.05, 0) is 86.5 Å². The smallest absolute Gasteiger partial charge is 0.407 e. The van der Waals surface area contributed by atoms with Crippen LogP contribution in [0, 0.1) is 57.2 Å². The van der Waals surface area contributed by atoms with E-state index in [-0.39, 0.29) is 63.7 Å². The zero-order valence-corrected chi connectivity index (χ0v) is 23.3. The second-order valence-corrected chi connectivity index (χ2v) is 13.8. The Morgan fingerprint density at radius 3 is 2.46 bits per heavy atom. The Morgan fingerprint density at radius 2 is 1.78 bits per heavy atom. The molecule has 8 atom stereocenters. The molecule has 0 heterocycles. The largest absolute Gasteiger partial charge is 0.450 e. The van der Waals surface area contributed by atoms with Crippen molar-refractivity contribution in [3.05, 3.63) is 23.3 Å². The number of amides is 1. The van der Waals surface area contributed by atoms with Crippen molar-refractivity contribution in [2.45, 2.75) is 92.0 Å². The molecule has 8 unspecified atom stereocenters. The summed E-state index contributed by atoms with van der Waals surface area (Å²) in [6.07, 6.45) is 9.75.